The van der Waals surface area contributed by atoms with Crippen LogP contribution < -0.4 is 10.1 Å². The second-order valence-corrected chi connectivity index (χ2v) is 6.67. The van der Waals surface area contributed by atoms with Crippen molar-refractivity contribution in [1.29, 1.82) is 0 Å². The number of ether oxygens (including phenoxy) is 1. The van der Waals surface area contributed by atoms with E-state index in [1.54, 1.807) is 25.4 Å². The van der Waals surface area contributed by atoms with Crippen LogP contribution in [-0.4, -0.2) is 42.5 Å². The van der Waals surface area contributed by atoms with E-state index in [-0.39, 0.29) is 11.9 Å². The minimum absolute atomic E-state index is 0.0959. The Labute approximate surface area is 155 Å². The molecule has 0 bridgehead atoms. The summed E-state index contributed by atoms with van der Waals surface area (Å²) in [5, 5.41) is 3.10. The zero-order valence-electron chi connectivity index (χ0n) is 15.4. The Hall–Kier alpha value is -2.40. The molecule has 5 heteroatoms. The molecule has 1 atom stereocenters. The van der Waals surface area contributed by atoms with E-state index in [9.17, 15) is 4.79 Å². The first kappa shape index (κ1) is 18.4. The van der Waals surface area contributed by atoms with Gasteiger partial charge in [0.1, 0.15) is 0 Å². The number of aromatic nitrogens is 1. The summed E-state index contributed by atoms with van der Waals surface area (Å²) < 4.78 is 5.11. The van der Waals surface area contributed by atoms with Gasteiger partial charge in [0.05, 0.1) is 13.2 Å². The van der Waals surface area contributed by atoms with E-state index in [1.165, 1.54) is 31.2 Å². The molecule has 26 heavy (non-hydrogen) atoms. The van der Waals surface area contributed by atoms with Gasteiger partial charge in [-0.05, 0) is 37.6 Å². The number of rotatable bonds is 6. The first-order valence-electron chi connectivity index (χ1n) is 9.35. The molecule has 1 aromatic heterocycles. The van der Waals surface area contributed by atoms with E-state index in [0.717, 1.165) is 13.1 Å². The Kier molecular flexibility index (Phi) is 6.61. The van der Waals surface area contributed by atoms with E-state index < -0.39 is 0 Å². The highest BCUT2D eigenvalue weighted by Crippen LogP contribution is 2.24. The molecule has 1 aliphatic rings. The lowest BCUT2D eigenvalue weighted by Crippen LogP contribution is -2.38. The molecule has 1 fully saturated rings. The van der Waals surface area contributed by atoms with Crippen molar-refractivity contribution >= 4 is 5.91 Å². The van der Waals surface area contributed by atoms with Gasteiger partial charge in [-0.3, -0.25) is 9.69 Å². The molecule has 0 saturated carbocycles. The van der Waals surface area contributed by atoms with Crippen LogP contribution in [0.5, 0.6) is 5.88 Å². The second kappa shape index (κ2) is 9.34. The zero-order chi connectivity index (χ0) is 18.2. The number of hydrogen-bond donors (Lipinski definition) is 1. The SMILES string of the molecule is COc1cc(C(=O)NCC(c2ccccc2)N2CCCCCC2)ccn1. The quantitative estimate of drug-likeness (QED) is 0.864. The highest BCUT2D eigenvalue weighted by molar-refractivity contribution is 5.94. The Bertz CT molecular complexity index is 697. The van der Waals surface area contributed by atoms with Crippen molar-refractivity contribution in [3.63, 3.8) is 0 Å². The minimum atomic E-state index is -0.0959. The van der Waals surface area contributed by atoms with E-state index in [2.05, 4.69) is 39.5 Å². The molecule has 0 aliphatic carbocycles. The average molecular weight is 353 g/mol. The monoisotopic (exact) mass is 353 g/mol. The van der Waals surface area contributed by atoms with Crippen LogP contribution in [0.4, 0.5) is 0 Å². The van der Waals surface area contributed by atoms with Gasteiger partial charge < -0.3 is 10.1 Å². The van der Waals surface area contributed by atoms with Gasteiger partial charge >= 0.3 is 0 Å². The number of nitrogens with one attached hydrogen (secondary N) is 1. The van der Waals surface area contributed by atoms with Crippen LogP contribution in [0.25, 0.3) is 0 Å². The third-order valence-electron chi connectivity index (χ3n) is 4.93. The molecule has 1 aromatic carbocycles. The number of carbonyl (C=O) groups is 1. The summed E-state index contributed by atoms with van der Waals surface area (Å²) in [5.41, 5.74) is 1.82. The molecule has 2 aromatic rings. The van der Waals surface area contributed by atoms with Crippen molar-refractivity contribution in [1.82, 2.24) is 15.2 Å². The maximum atomic E-state index is 12.6. The van der Waals surface area contributed by atoms with Gasteiger partial charge in [0, 0.05) is 24.4 Å². The van der Waals surface area contributed by atoms with E-state index in [4.69, 9.17) is 4.74 Å². The average Bonchev–Trinajstić information content (AvgIpc) is 2.98. The molecule has 1 N–H and O–H groups in total. The summed E-state index contributed by atoms with van der Waals surface area (Å²) in [6.07, 6.45) is 6.62. The normalized spacial score (nSPS) is 16.5. The smallest absolute Gasteiger partial charge is 0.251 e. The maximum absolute atomic E-state index is 12.6. The van der Waals surface area contributed by atoms with Gasteiger partial charge in [0.15, 0.2) is 0 Å². The van der Waals surface area contributed by atoms with Gasteiger partial charge in [-0.15, -0.1) is 0 Å². The third kappa shape index (κ3) is 4.82. The molecular weight excluding hydrogens is 326 g/mol. The van der Waals surface area contributed by atoms with Crippen molar-refractivity contribution in [3.8, 4) is 5.88 Å². The van der Waals surface area contributed by atoms with Crippen molar-refractivity contribution < 1.29 is 9.53 Å². The molecule has 1 amide bonds. The summed E-state index contributed by atoms with van der Waals surface area (Å²) in [7, 11) is 1.55. The summed E-state index contributed by atoms with van der Waals surface area (Å²) in [4.78, 5) is 19.2. The Balaban J connectivity index is 1.71. The molecule has 1 unspecified atom stereocenters. The molecule has 0 radical (unpaired) electrons. The number of likely N-dealkylation sites (tertiary alicyclic amines) is 1. The molecule has 5 nitrogen and oxygen atoms in total. The summed E-state index contributed by atoms with van der Waals surface area (Å²) in [6, 6.07) is 14.0. The molecule has 138 valence electrons. The first-order valence-corrected chi connectivity index (χ1v) is 9.35. The van der Waals surface area contributed by atoms with Crippen LogP contribution in [0, 0.1) is 0 Å². The fourth-order valence-corrected chi connectivity index (χ4v) is 3.49. The van der Waals surface area contributed by atoms with Crippen molar-refractivity contribution in [2.24, 2.45) is 0 Å². The van der Waals surface area contributed by atoms with Crippen LogP contribution >= 0.6 is 0 Å². The molecular formula is C21H27N3O2. The Morgan fingerprint density at radius 3 is 2.58 bits per heavy atom. The predicted octanol–water partition coefficient (Wildman–Crippen LogP) is 3.44. The van der Waals surface area contributed by atoms with Crippen LogP contribution in [0.2, 0.25) is 0 Å². The van der Waals surface area contributed by atoms with Crippen molar-refractivity contribution in [3.05, 3.63) is 59.8 Å². The number of amides is 1. The summed E-state index contributed by atoms with van der Waals surface area (Å²) in [6.45, 7) is 2.75. The van der Waals surface area contributed by atoms with Crippen LogP contribution in [0.15, 0.2) is 48.7 Å². The number of nitrogens with zero attached hydrogens (tertiary/aromatic N) is 2. The largest absolute Gasteiger partial charge is 0.481 e. The van der Waals surface area contributed by atoms with Crippen molar-refractivity contribution in [2.75, 3.05) is 26.7 Å². The topological polar surface area (TPSA) is 54.5 Å². The molecule has 1 saturated heterocycles. The standard InChI is InChI=1S/C21H27N3O2/c1-26-20-15-18(11-12-22-20)21(25)23-16-19(17-9-5-4-6-10-17)24-13-7-2-3-8-14-24/h4-6,9-12,15,19H,2-3,7-8,13-14,16H2,1H3,(H,23,25). The highest BCUT2D eigenvalue weighted by atomic mass is 16.5. The van der Waals surface area contributed by atoms with E-state index in [1.807, 2.05) is 6.07 Å². The first-order chi connectivity index (χ1) is 12.8. The van der Waals surface area contributed by atoms with E-state index in [0.29, 0.717) is 18.0 Å². The van der Waals surface area contributed by atoms with Gasteiger partial charge in [-0.1, -0.05) is 43.2 Å². The minimum Gasteiger partial charge on any atom is -0.481 e. The van der Waals surface area contributed by atoms with Crippen LogP contribution in [-0.2, 0) is 0 Å². The van der Waals surface area contributed by atoms with Gasteiger partial charge in [-0.2, -0.15) is 0 Å². The second-order valence-electron chi connectivity index (χ2n) is 6.67. The van der Waals surface area contributed by atoms with Crippen LogP contribution in [0.3, 0.4) is 0 Å². The Morgan fingerprint density at radius 1 is 1.15 bits per heavy atom. The molecule has 3 rings (SSSR count). The van der Waals surface area contributed by atoms with Gasteiger partial charge in [0.2, 0.25) is 5.88 Å². The highest BCUT2D eigenvalue weighted by Gasteiger charge is 2.22. The van der Waals surface area contributed by atoms with E-state index >= 15 is 0 Å². The number of pyridine rings is 1. The predicted molar refractivity (Wildman–Crippen MR) is 102 cm³/mol. The lowest BCUT2D eigenvalue weighted by atomic mass is 10.0. The summed E-state index contributed by atoms with van der Waals surface area (Å²) >= 11 is 0. The molecule has 0 spiro atoms. The third-order valence-corrected chi connectivity index (χ3v) is 4.93. The van der Waals surface area contributed by atoms with Gasteiger partial charge in [-0.25, -0.2) is 4.98 Å². The van der Waals surface area contributed by atoms with Crippen molar-refractivity contribution in [2.45, 2.75) is 31.7 Å². The fraction of sp³-hybridized carbons (Fsp3) is 0.429. The summed E-state index contributed by atoms with van der Waals surface area (Å²) in [5.74, 6) is 0.353. The molecule has 2 heterocycles. The van der Waals surface area contributed by atoms with Gasteiger partial charge in [0.25, 0.3) is 5.91 Å². The lowest BCUT2D eigenvalue weighted by molar-refractivity contribution is 0.0932. The number of hydrogen-bond acceptors (Lipinski definition) is 4. The number of benzene rings is 1. The Morgan fingerprint density at radius 2 is 1.88 bits per heavy atom. The fourth-order valence-electron chi connectivity index (χ4n) is 3.49. The lowest BCUT2D eigenvalue weighted by Gasteiger charge is -2.31. The number of carbonyl (C=O) groups excluding carboxylic acids is 1. The van der Waals surface area contributed by atoms with Crippen LogP contribution in [0.1, 0.15) is 47.6 Å². The number of methoxy groups -OCH3 is 1. The maximum Gasteiger partial charge on any atom is 0.251 e. The zero-order valence-corrected chi connectivity index (χ0v) is 15.4. The molecule has 1 aliphatic heterocycles.